The third-order valence-electron chi connectivity index (χ3n) is 5.89. The van der Waals surface area contributed by atoms with Crippen molar-refractivity contribution in [3.05, 3.63) is 60.3 Å². The maximum atomic E-state index is 13.2. The quantitative estimate of drug-likeness (QED) is 0.508. The Labute approximate surface area is 175 Å². The molecule has 158 valence electrons. The number of benzene rings is 1. The summed E-state index contributed by atoms with van der Waals surface area (Å²) < 4.78 is 5.85. The van der Waals surface area contributed by atoms with Gasteiger partial charge >= 0.3 is 0 Å². The number of piperidine rings is 1. The zero-order valence-corrected chi connectivity index (χ0v) is 16.6. The van der Waals surface area contributed by atoms with Crippen molar-refractivity contribution in [2.24, 2.45) is 5.92 Å². The van der Waals surface area contributed by atoms with Crippen molar-refractivity contribution in [2.45, 2.75) is 30.9 Å². The molecule has 2 aromatic rings. The molecule has 3 N–H and O–H groups in total. The average molecular weight is 410 g/mol. The van der Waals surface area contributed by atoms with Crippen molar-refractivity contribution >= 4 is 11.8 Å². The molecular weight excluding hydrogens is 384 g/mol. The maximum Gasteiger partial charge on any atom is 0.248 e. The number of carbonyl (C=O) groups excluding carboxylic acids is 2. The van der Waals surface area contributed by atoms with Crippen LogP contribution in [0.1, 0.15) is 24.3 Å². The van der Waals surface area contributed by atoms with E-state index in [1.807, 2.05) is 29.2 Å². The number of pyridine rings is 1. The van der Waals surface area contributed by atoms with Crippen LogP contribution < -0.4 is 15.5 Å². The molecule has 0 unspecified atom stereocenters. The molecule has 0 aliphatic carbocycles. The number of amides is 2. The molecule has 1 aromatic heterocycles. The van der Waals surface area contributed by atoms with Crippen LogP contribution in [0.25, 0.3) is 0 Å². The van der Waals surface area contributed by atoms with Gasteiger partial charge in [-0.3, -0.25) is 14.8 Å². The van der Waals surface area contributed by atoms with Gasteiger partial charge in [0.15, 0.2) is 0 Å². The number of hydroxylamine groups is 1. The summed E-state index contributed by atoms with van der Waals surface area (Å²) in [6.45, 7) is 1.69. The van der Waals surface area contributed by atoms with Gasteiger partial charge in [0.25, 0.3) is 0 Å². The van der Waals surface area contributed by atoms with Crippen molar-refractivity contribution in [3.63, 3.8) is 0 Å². The summed E-state index contributed by atoms with van der Waals surface area (Å²) in [6.07, 6.45) is 2.50. The molecule has 4 rings (SSSR count). The normalized spacial score (nSPS) is 26.2. The lowest BCUT2D eigenvalue weighted by molar-refractivity contribution is -0.144. The number of nitrogens with zero attached hydrogens (tertiary/aromatic N) is 2. The lowest BCUT2D eigenvalue weighted by Crippen LogP contribution is -2.60. The number of rotatable bonds is 5. The van der Waals surface area contributed by atoms with Crippen LogP contribution in [-0.2, 0) is 9.59 Å². The fraction of sp³-hybridized carbons (Fsp3) is 0.409. The predicted molar refractivity (Wildman–Crippen MR) is 109 cm³/mol. The van der Waals surface area contributed by atoms with Gasteiger partial charge in [-0.1, -0.05) is 36.4 Å². The van der Waals surface area contributed by atoms with Crippen LogP contribution in [0, 0.1) is 5.92 Å². The molecule has 30 heavy (non-hydrogen) atoms. The molecule has 0 bridgehead atoms. The van der Waals surface area contributed by atoms with Gasteiger partial charge in [-0.25, -0.2) is 10.5 Å². The van der Waals surface area contributed by atoms with E-state index in [9.17, 15) is 14.8 Å². The number of carbonyl (C=O) groups is 2. The number of ether oxygens (including phenoxy) is 1. The Bertz CT molecular complexity index is 864. The van der Waals surface area contributed by atoms with Crippen LogP contribution in [0.15, 0.2) is 54.7 Å². The van der Waals surface area contributed by atoms with Gasteiger partial charge < -0.3 is 15.0 Å². The van der Waals surface area contributed by atoms with Crippen LogP contribution in [0.5, 0.6) is 5.88 Å². The van der Waals surface area contributed by atoms with E-state index in [4.69, 9.17) is 4.74 Å². The Hall–Kier alpha value is -2.97. The second-order valence-corrected chi connectivity index (χ2v) is 7.79. The van der Waals surface area contributed by atoms with Gasteiger partial charge in [0.1, 0.15) is 6.10 Å². The third-order valence-corrected chi connectivity index (χ3v) is 5.89. The van der Waals surface area contributed by atoms with Crippen molar-refractivity contribution in [1.82, 2.24) is 20.7 Å². The van der Waals surface area contributed by atoms with Crippen LogP contribution in [0.3, 0.4) is 0 Å². The molecule has 2 saturated heterocycles. The summed E-state index contributed by atoms with van der Waals surface area (Å²) in [6, 6.07) is 14.8. The fourth-order valence-corrected chi connectivity index (χ4v) is 4.34. The molecule has 0 radical (unpaired) electrons. The smallest absolute Gasteiger partial charge is 0.248 e. The molecular formula is C22H26N4O4. The highest BCUT2D eigenvalue weighted by Crippen LogP contribution is 2.29. The van der Waals surface area contributed by atoms with Crippen molar-refractivity contribution in [1.29, 1.82) is 0 Å². The first-order valence-corrected chi connectivity index (χ1v) is 10.2. The van der Waals surface area contributed by atoms with Gasteiger partial charge in [-0.05, 0) is 24.5 Å². The number of hydrogen-bond donors (Lipinski definition) is 3. The molecule has 2 aliphatic rings. The standard InChI is InChI=1S/C22H26N4O4/c27-21(25-29)18-12-17(30-19-8-4-5-10-23-19)13-24-20(18)22(28)26-11-9-16(14-26)15-6-2-1-3-7-15/h1-8,10,16-18,20,24,29H,9,11-14H2,(H,25,27)/t16-,17-,18-,20-/m0/s1. The second kappa shape index (κ2) is 9.23. The minimum Gasteiger partial charge on any atom is -0.473 e. The molecule has 0 spiro atoms. The first-order valence-electron chi connectivity index (χ1n) is 10.2. The summed E-state index contributed by atoms with van der Waals surface area (Å²) >= 11 is 0. The largest absolute Gasteiger partial charge is 0.473 e. The van der Waals surface area contributed by atoms with E-state index < -0.39 is 17.9 Å². The highest BCUT2D eigenvalue weighted by molar-refractivity contribution is 5.90. The zero-order valence-electron chi connectivity index (χ0n) is 16.6. The SMILES string of the molecule is O=C(NO)[C@H]1C[C@H](Oc2ccccn2)CN[C@@H]1C(=O)N1CC[C@H](c2ccccc2)C1. The summed E-state index contributed by atoms with van der Waals surface area (Å²) in [4.78, 5) is 31.5. The van der Waals surface area contributed by atoms with Crippen molar-refractivity contribution < 1.29 is 19.5 Å². The minimum absolute atomic E-state index is 0.113. The van der Waals surface area contributed by atoms with Gasteiger partial charge in [0.05, 0.1) is 12.0 Å². The number of likely N-dealkylation sites (tertiary alicyclic amines) is 1. The zero-order chi connectivity index (χ0) is 20.9. The molecule has 1 aromatic carbocycles. The molecule has 4 atom stereocenters. The van der Waals surface area contributed by atoms with E-state index >= 15 is 0 Å². The summed E-state index contributed by atoms with van der Waals surface area (Å²) in [5.74, 6) is -0.681. The van der Waals surface area contributed by atoms with E-state index in [-0.39, 0.29) is 12.0 Å². The highest BCUT2D eigenvalue weighted by atomic mass is 16.5. The summed E-state index contributed by atoms with van der Waals surface area (Å²) in [5, 5.41) is 12.4. The Morgan fingerprint density at radius 2 is 1.97 bits per heavy atom. The van der Waals surface area contributed by atoms with Gasteiger partial charge in [0, 0.05) is 37.8 Å². The molecule has 0 saturated carbocycles. The Morgan fingerprint density at radius 1 is 1.17 bits per heavy atom. The molecule has 8 nitrogen and oxygen atoms in total. The molecule has 2 aliphatic heterocycles. The summed E-state index contributed by atoms with van der Waals surface area (Å²) in [5.41, 5.74) is 2.93. The number of hydrogen-bond acceptors (Lipinski definition) is 6. The number of nitrogens with one attached hydrogen (secondary N) is 2. The topological polar surface area (TPSA) is 104 Å². The lowest BCUT2D eigenvalue weighted by atomic mass is 9.87. The molecule has 2 amide bonds. The monoisotopic (exact) mass is 410 g/mol. The van der Waals surface area contributed by atoms with Crippen LogP contribution >= 0.6 is 0 Å². The minimum atomic E-state index is -0.735. The van der Waals surface area contributed by atoms with Crippen LogP contribution in [0.4, 0.5) is 0 Å². The predicted octanol–water partition coefficient (Wildman–Crippen LogP) is 1.33. The number of aromatic nitrogens is 1. The van der Waals surface area contributed by atoms with E-state index in [1.165, 1.54) is 5.56 Å². The summed E-state index contributed by atoms with van der Waals surface area (Å²) in [7, 11) is 0. The first kappa shape index (κ1) is 20.3. The van der Waals surface area contributed by atoms with Gasteiger partial charge in [0.2, 0.25) is 17.7 Å². The molecule has 2 fully saturated rings. The van der Waals surface area contributed by atoms with Crippen LogP contribution in [0.2, 0.25) is 0 Å². The Balaban J connectivity index is 1.42. The Morgan fingerprint density at radius 3 is 2.70 bits per heavy atom. The van der Waals surface area contributed by atoms with Crippen LogP contribution in [-0.4, -0.2) is 58.7 Å². The average Bonchev–Trinajstić information content (AvgIpc) is 3.30. The molecule has 3 heterocycles. The van der Waals surface area contributed by atoms with Gasteiger partial charge in [-0.2, -0.15) is 0 Å². The van der Waals surface area contributed by atoms with Gasteiger partial charge in [-0.15, -0.1) is 0 Å². The third kappa shape index (κ3) is 4.44. The van der Waals surface area contributed by atoms with E-state index in [0.717, 1.165) is 6.42 Å². The van der Waals surface area contributed by atoms with Crippen molar-refractivity contribution in [2.75, 3.05) is 19.6 Å². The van der Waals surface area contributed by atoms with E-state index in [2.05, 4.69) is 22.4 Å². The maximum absolute atomic E-state index is 13.2. The first-order chi connectivity index (χ1) is 14.7. The van der Waals surface area contributed by atoms with Crippen molar-refractivity contribution in [3.8, 4) is 5.88 Å². The Kier molecular flexibility index (Phi) is 6.25. The van der Waals surface area contributed by atoms with E-state index in [1.54, 1.807) is 23.8 Å². The molecule has 8 heteroatoms. The van der Waals surface area contributed by atoms with E-state index in [0.29, 0.717) is 37.9 Å². The lowest BCUT2D eigenvalue weighted by Gasteiger charge is -2.36. The highest BCUT2D eigenvalue weighted by Gasteiger charge is 2.43. The fourth-order valence-electron chi connectivity index (χ4n) is 4.34. The second-order valence-electron chi connectivity index (χ2n) is 7.79.